The van der Waals surface area contributed by atoms with Crippen LogP contribution in [0.4, 0.5) is 0 Å². The van der Waals surface area contributed by atoms with Gasteiger partial charge in [-0.2, -0.15) is 4.99 Å². The molecule has 2 heterocycles. The lowest BCUT2D eigenvalue weighted by Crippen LogP contribution is -2.33. The molecule has 5 nitrogen and oxygen atoms in total. The normalized spacial score (nSPS) is 24.1. The highest BCUT2D eigenvalue weighted by Gasteiger charge is 2.25. The van der Waals surface area contributed by atoms with Gasteiger partial charge in [-0.3, -0.25) is 0 Å². The van der Waals surface area contributed by atoms with E-state index in [2.05, 4.69) is 20.0 Å². The van der Waals surface area contributed by atoms with Gasteiger partial charge in [-0.1, -0.05) is 12.2 Å². The van der Waals surface area contributed by atoms with E-state index in [9.17, 15) is 0 Å². The molecule has 2 aliphatic rings. The third-order valence-corrected chi connectivity index (χ3v) is 2.23. The molecule has 0 N–H and O–H groups in total. The molecule has 2 rings (SSSR count). The molecule has 2 aliphatic heterocycles. The molecule has 0 saturated carbocycles. The van der Waals surface area contributed by atoms with Gasteiger partial charge in [0.2, 0.25) is 5.96 Å². The Hall–Kier alpha value is -1.43. The van der Waals surface area contributed by atoms with E-state index >= 15 is 0 Å². The van der Waals surface area contributed by atoms with Gasteiger partial charge in [-0.05, 0) is 0 Å². The molecule has 0 aromatic carbocycles. The average molecular weight is 207 g/mol. The lowest BCUT2D eigenvalue weighted by Gasteiger charge is -2.20. The summed E-state index contributed by atoms with van der Waals surface area (Å²) in [6.07, 6.45) is 3.17. The van der Waals surface area contributed by atoms with Crippen molar-refractivity contribution >= 4 is 41.6 Å². The number of aliphatic imine (C=N–C) groups is 4. The van der Waals surface area contributed by atoms with Crippen molar-refractivity contribution in [2.24, 2.45) is 25.9 Å². The van der Waals surface area contributed by atoms with Gasteiger partial charge >= 0.3 is 0 Å². The Morgan fingerprint density at radius 3 is 2.86 bits per heavy atom. The highest BCUT2D eigenvalue weighted by Crippen LogP contribution is 2.12. The molecule has 0 fully saturated rings. The van der Waals surface area contributed by atoms with Crippen LogP contribution >= 0.6 is 12.2 Å². The zero-order chi connectivity index (χ0) is 10.1. The van der Waals surface area contributed by atoms with E-state index in [0.29, 0.717) is 16.8 Å². The number of fused-ring (bicyclic) bond motifs is 1. The Labute approximate surface area is 87.0 Å². The Morgan fingerprint density at radius 1 is 1.36 bits per heavy atom. The fraction of sp³-hybridized carbons (Fsp3) is 0.375. The van der Waals surface area contributed by atoms with Crippen LogP contribution in [0.25, 0.3) is 0 Å². The topological polar surface area (TPSA) is 52.7 Å². The Bertz CT molecular complexity index is 391. The Kier molecular flexibility index (Phi) is 2.20. The van der Waals surface area contributed by atoms with Crippen LogP contribution in [0.2, 0.25) is 0 Å². The first-order valence-electron chi connectivity index (χ1n) is 4.13. The number of nitrogens with zero attached hydrogens (tertiary/aromatic N) is 5. The molecule has 6 heteroatoms. The van der Waals surface area contributed by atoms with Crippen LogP contribution in [0.3, 0.4) is 0 Å². The standard InChI is InChI=1S/C8H9N5S/c1-13(2)8-9-3-5-6(12-8)10-4-11-7(5)14/h3-5H,1-2H3. The number of thiocarbonyl (C=S) groups is 1. The van der Waals surface area contributed by atoms with E-state index in [-0.39, 0.29) is 5.92 Å². The largest absolute Gasteiger partial charge is 0.347 e. The molecule has 1 unspecified atom stereocenters. The van der Waals surface area contributed by atoms with Crippen molar-refractivity contribution < 1.29 is 0 Å². The zero-order valence-electron chi connectivity index (χ0n) is 7.88. The van der Waals surface area contributed by atoms with Crippen LogP contribution in [-0.2, 0) is 0 Å². The minimum absolute atomic E-state index is 0.126. The third-order valence-electron chi connectivity index (χ3n) is 1.87. The fourth-order valence-corrected chi connectivity index (χ4v) is 1.35. The van der Waals surface area contributed by atoms with E-state index in [4.69, 9.17) is 12.2 Å². The number of hydrogen-bond acceptors (Lipinski definition) is 5. The predicted octanol–water partition coefficient (Wildman–Crippen LogP) is 0.372. The van der Waals surface area contributed by atoms with Crippen molar-refractivity contribution in [2.45, 2.75) is 0 Å². The minimum Gasteiger partial charge on any atom is -0.347 e. The zero-order valence-corrected chi connectivity index (χ0v) is 8.69. The van der Waals surface area contributed by atoms with Gasteiger partial charge < -0.3 is 4.90 Å². The molecule has 1 atom stereocenters. The summed E-state index contributed by atoms with van der Waals surface area (Å²) in [6, 6.07) is 0. The van der Waals surface area contributed by atoms with Gasteiger partial charge in [0, 0.05) is 20.3 Å². The molecular formula is C8H9N5S. The van der Waals surface area contributed by atoms with Crippen LogP contribution in [0.5, 0.6) is 0 Å². The van der Waals surface area contributed by atoms with E-state index in [1.165, 1.54) is 6.34 Å². The fourth-order valence-electron chi connectivity index (χ4n) is 1.13. The first-order chi connectivity index (χ1) is 6.68. The lowest BCUT2D eigenvalue weighted by molar-refractivity contribution is 0.614. The predicted molar refractivity (Wildman–Crippen MR) is 61.6 cm³/mol. The van der Waals surface area contributed by atoms with E-state index in [1.54, 1.807) is 6.21 Å². The molecule has 0 spiro atoms. The maximum Gasteiger partial charge on any atom is 0.226 e. The molecular weight excluding hydrogens is 198 g/mol. The Morgan fingerprint density at radius 2 is 2.14 bits per heavy atom. The molecule has 0 aromatic rings. The van der Waals surface area contributed by atoms with E-state index in [0.717, 1.165) is 0 Å². The summed E-state index contributed by atoms with van der Waals surface area (Å²) in [5.41, 5.74) is 0. The van der Waals surface area contributed by atoms with E-state index in [1.807, 2.05) is 19.0 Å². The second-order valence-electron chi connectivity index (χ2n) is 3.13. The SMILES string of the molecule is CN(C)C1=NC2=NC=NC(=S)C2C=N1. The van der Waals surface area contributed by atoms with E-state index < -0.39 is 0 Å². The van der Waals surface area contributed by atoms with Gasteiger partial charge in [0.15, 0.2) is 0 Å². The number of rotatable bonds is 0. The van der Waals surface area contributed by atoms with Crippen molar-refractivity contribution in [3.63, 3.8) is 0 Å². The van der Waals surface area contributed by atoms with Crippen LogP contribution < -0.4 is 0 Å². The third kappa shape index (κ3) is 1.48. The number of hydrogen-bond donors (Lipinski definition) is 0. The van der Waals surface area contributed by atoms with Crippen molar-refractivity contribution in [3.8, 4) is 0 Å². The Balaban J connectivity index is 2.35. The molecule has 0 aliphatic carbocycles. The number of guanidine groups is 1. The van der Waals surface area contributed by atoms with Gasteiger partial charge in [0.25, 0.3) is 0 Å². The summed E-state index contributed by atoms with van der Waals surface area (Å²) in [4.78, 5) is 18.8. The first-order valence-corrected chi connectivity index (χ1v) is 4.53. The summed E-state index contributed by atoms with van der Waals surface area (Å²) >= 11 is 5.05. The highest BCUT2D eigenvalue weighted by molar-refractivity contribution is 7.80. The maximum absolute atomic E-state index is 5.05. The first kappa shape index (κ1) is 9.14. The molecule has 0 amide bonds. The van der Waals surface area contributed by atoms with Crippen molar-refractivity contribution in [2.75, 3.05) is 14.1 Å². The van der Waals surface area contributed by atoms with Crippen molar-refractivity contribution in [1.29, 1.82) is 0 Å². The monoisotopic (exact) mass is 207 g/mol. The minimum atomic E-state index is -0.126. The second-order valence-corrected chi connectivity index (χ2v) is 3.55. The average Bonchev–Trinajstić information content (AvgIpc) is 2.17. The lowest BCUT2D eigenvalue weighted by atomic mass is 10.1. The maximum atomic E-state index is 5.05. The highest BCUT2D eigenvalue weighted by atomic mass is 32.1. The van der Waals surface area contributed by atoms with Crippen LogP contribution in [0, 0.1) is 5.92 Å². The van der Waals surface area contributed by atoms with Gasteiger partial charge in [0.05, 0.1) is 0 Å². The smallest absolute Gasteiger partial charge is 0.226 e. The summed E-state index contributed by atoms with van der Waals surface area (Å²) in [5, 5.41) is 0. The molecule has 72 valence electrons. The van der Waals surface area contributed by atoms with Gasteiger partial charge in [-0.25, -0.2) is 15.0 Å². The molecule has 14 heavy (non-hydrogen) atoms. The quantitative estimate of drug-likeness (QED) is 0.539. The summed E-state index contributed by atoms with van der Waals surface area (Å²) in [5.74, 6) is 1.18. The van der Waals surface area contributed by atoms with Gasteiger partial charge in [-0.15, -0.1) is 0 Å². The van der Waals surface area contributed by atoms with Crippen molar-refractivity contribution in [1.82, 2.24) is 4.90 Å². The number of amidine groups is 1. The molecule has 0 bridgehead atoms. The summed E-state index contributed by atoms with van der Waals surface area (Å²) in [7, 11) is 3.76. The van der Waals surface area contributed by atoms with Crippen molar-refractivity contribution in [3.05, 3.63) is 0 Å². The van der Waals surface area contributed by atoms with Crippen LogP contribution in [0.15, 0.2) is 20.0 Å². The van der Waals surface area contributed by atoms with Gasteiger partial charge in [0.1, 0.15) is 23.1 Å². The molecule has 0 saturated heterocycles. The van der Waals surface area contributed by atoms with Crippen LogP contribution in [0.1, 0.15) is 0 Å². The summed E-state index contributed by atoms with van der Waals surface area (Å²) < 4.78 is 0. The molecule has 0 radical (unpaired) electrons. The molecule has 0 aromatic heterocycles. The van der Waals surface area contributed by atoms with Crippen LogP contribution in [-0.4, -0.2) is 48.3 Å². The summed E-state index contributed by atoms with van der Waals surface area (Å²) in [6.45, 7) is 0. The second kappa shape index (κ2) is 3.38.